The number of benzene rings is 3. The average Bonchev–Trinajstić information content (AvgIpc) is 2.93. The van der Waals surface area contributed by atoms with E-state index in [0.29, 0.717) is 13.1 Å². The van der Waals surface area contributed by atoms with Crippen LogP contribution in [0.25, 0.3) is 21.8 Å². The highest BCUT2D eigenvalue weighted by molar-refractivity contribution is 9.11. The lowest BCUT2D eigenvalue weighted by atomic mass is 10.2. The fourth-order valence-corrected chi connectivity index (χ4v) is 4.28. The summed E-state index contributed by atoms with van der Waals surface area (Å²) >= 11 is 10.6. The summed E-state index contributed by atoms with van der Waals surface area (Å²) in [7, 11) is 0. The second kappa shape index (κ2) is 7.95. The molecule has 0 spiro atoms. The molecule has 4 aromatic rings. The third kappa shape index (κ3) is 4.09. The zero-order valence-corrected chi connectivity index (χ0v) is 19.1. The van der Waals surface area contributed by atoms with E-state index in [1.165, 1.54) is 10.8 Å². The van der Waals surface area contributed by atoms with E-state index in [9.17, 15) is 5.11 Å². The molecule has 0 radical (unpaired) electrons. The monoisotopic (exact) mass is 550 g/mol. The Kier molecular flexibility index (Phi) is 5.60. The Bertz CT molecular complexity index is 1050. The van der Waals surface area contributed by atoms with Crippen LogP contribution in [0.3, 0.4) is 0 Å². The minimum atomic E-state index is -0.523. The number of rotatable bonds is 5. The van der Waals surface area contributed by atoms with Crippen molar-refractivity contribution in [1.82, 2.24) is 4.57 Å². The summed E-state index contributed by atoms with van der Waals surface area (Å²) in [5.74, 6) is 0. The Labute approximate surface area is 182 Å². The Morgan fingerprint density at radius 3 is 1.85 bits per heavy atom. The van der Waals surface area contributed by atoms with Gasteiger partial charge in [-0.25, -0.2) is 0 Å². The van der Waals surface area contributed by atoms with Gasteiger partial charge in [0.25, 0.3) is 0 Å². The molecular weight excluding hydrogens is 536 g/mol. The molecule has 1 heterocycles. The van der Waals surface area contributed by atoms with Crippen molar-refractivity contribution in [3.8, 4) is 0 Å². The molecule has 0 aliphatic carbocycles. The predicted molar refractivity (Wildman–Crippen MR) is 123 cm³/mol. The van der Waals surface area contributed by atoms with Crippen LogP contribution in [0.4, 0.5) is 5.69 Å². The Balaban J connectivity index is 1.64. The minimum absolute atomic E-state index is 0.477. The van der Waals surface area contributed by atoms with Gasteiger partial charge in [-0.1, -0.05) is 59.9 Å². The van der Waals surface area contributed by atoms with Crippen LogP contribution in [0.5, 0.6) is 0 Å². The topological polar surface area (TPSA) is 37.2 Å². The lowest BCUT2D eigenvalue weighted by Gasteiger charge is -2.16. The molecule has 1 aromatic heterocycles. The van der Waals surface area contributed by atoms with Gasteiger partial charge in [0.05, 0.1) is 23.7 Å². The molecule has 3 aromatic carbocycles. The summed E-state index contributed by atoms with van der Waals surface area (Å²) in [5.41, 5.74) is 3.21. The molecule has 0 amide bonds. The molecule has 0 aliphatic rings. The summed E-state index contributed by atoms with van der Waals surface area (Å²) in [4.78, 5) is 0. The van der Waals surface area contributed by atoms with Gasteiger partial charge in [0.2, 0.25) is 0 Å². The molecule has 138 valence electrons. The molecule has 3 nitrogen and oxygen atoms in total. The van der Waals surface area contributed by atoms with Gasteiger partial charge in [0, 0.05) is 36.4 Å². The second-order valence-electron chi connectivity index (χ2n) is 6.48. The molecular formula is C21H17Br3N2O. The zero-order chi connectivity index (χ0) is 19.0. The first kappa shape index (κ1) is 19.0. The minimum Gasteiger partial charge on any atom is -0.389 e. The maximum atomic E-state index is 10.7. The maximum absolute atomic E-state index is 10.7. The van der Waals surface area contributed by atoms with E-state index in [1.54, 1.807) is 0 Å². The van der Waals surface area contributed by atoms with Crippen molar-refractivity contribution in [2.24, 2.45) is 0 Å². The van der Waals surface area contributed by atoms with E-state index >= 15 is 0 Å². The predicted octanol–water partition coefficient (Wildman–Crippen LogP) is 6.56. The van der Waals surface area contributed by atoms with Crippen LogP contribution in [-0.4, -0.2) is 22.3 Å². The fourth-order valence-electron chi connectivity index (χ4n) is 3.32. The summed E-state index contributed by atoms with van der Waals surface area (Å²) < 4.78 is 5.28. The number of fused-ring (bicyclic) bond motifs is 3. The number of aliphatic hydroxyl groups excluding tert-OH is 1. The van der Waals surface area contributed by atoms with E-state index in [1.807, 2.05) is 24.3 Å². The SMILES string of the molecule is OC(CNc1ccc(Br)cc1)Cn1c2cc(Br)ccc2c2ccc(Br)cc21. The van der Waals surface area contributed by atoms with Crippen LogP contribution in [0.2, 0.25) is 0 Å². The maximum Gasteiger partial charge on any atom is 0.0891 e. The lowest BCUT2D eigenvalue weighted by molar-refractivity contribution is 0.169. The van der Waals surface area contributed by atoms with Gasteiger partial charge in [0.1, 0.15) is 0 Å². The van der Waals surface area contributed by atoms with Crippen molar-refractivity contribution in [3.05, 3.63) is 74.1 Å². The first-order valence-electron chi connectivity index (χ1n) is 8.56. The molecule has 0 saturated heterocycles. The van der Waals surface area contributed by atoms with Crippen LogP contribution in [0, 0.1) is 0 Å². The first-order chi connectivity index (χ1) is 13.0. The number of nitrogens with one attached hydrogen (secondary N) is 1. The highest BCUT2D eigenvalue weighted by atomic mass is 79.9. The molecule has 1 atom stereocenters. The van der Waals surface area contributed by atoms with Crippen molar-refractivity contribution in [2.45, 2.75) is 12.6 Å². The molecule has 27 heavy (non-hydrogen) atoms. The molecule has 6 heteroatoms. The Hall–Kier alpha value is -1.34. The highest BCUT2D eigenvalue weighted by Gasteiger charge is 2.14. The largest absolute Gasteiger partial charge is 0.389 e. The number of hydrogen-bond acceptors (Lipinski definition) is 2. The third-order valence-electron chi connectivity index (χ3n) is 4.57. The zero-order valence-electron chi connectivity index (χ0n) is 14.3. The molecule has 0 fully saturated rings. The van der Waals surface area contributed by atoms with Gasteiger partial charge in [-0.05, 0) is 48.5 Å². The van der Waals surface area contributed by atoms with Gasteiger partial charge < -0.3 is 15.0 Å². The normalized spacial score (nSPS) is 12.6. The average molecular weight is 553 g/mol. The van der Waals surface area contributed by atoms with E-state index in [0.717, 1.165) is 30.1 Å². The van der Waals surface area contributed by atoms with Crippen LogP contribution >= 0.6 is 47.8 Å². The van der Waals surface area contributed by atoms with Gasteiger partial charge in [0.15, 0.2) is 0 Å². The van der Waals surface area contributed by atoms with Crippen molar-refractivity contribution < 1.29 is 5.11 Å². The highest BCUT2D eigenvalue weighted by Crippen LogP contribution is 2.33. The van der Waals surface area contributed by atoms with Crippen LogP contribution in [0.15, 0.2) is 74.1 Å². The lowest BCUT2D eigenvalue weighted by Crippen LogP contribution is -2.24. The van der Waals surface area contributed by atoms with Crippen LogP contribution < -0.4 is 5.32 Å². The quantitative estimate of drug-likeness (QED) is 0.294. The Morgan fingerprint density at radius 1 is 0.778 bits per heavy atom. The summed E-state index contributed by atoms with van der Waals surface area (Å²) in [6, 6.07) is 20.5. The standard InChI is InChI=1S/C21H17Br3N2O/c22-13-1-5-16(6-2-13)25-11-17(27)12-26-20-9-14(23)3-7-18(20)19-8-4-15(24)10-21(19)26/h1-10,17,25,27H,11-12H2. The van der Waals surface area contributed by atoms with Gasteiger partial charge in [-0.2, -0.15) is 0 Å². The molecule has 4 rings (SSSR count). The number of aliphatic hydroxyl groups is 1. The van der Waals surface area contributed by atoms with Gasteiger partial charge in [-0.3, -0.25) is 0 Å². The number of halogens is 3. The van der Waals surface area contributed by atoms with Crippen molar-refractivity contribution >= 4 is 75.3 Å². The molecule has 0 saturated carbocycles. The van der Waals surface area contributed by atoms with Crippen molar-refractivity contribution in [1.29, 1.82) is 0 Å². The Morgan fingerprint density at radius 2 is 1.30 bits per heavy atom. The van der Waals surface area contributed by atoms with E-state index in [-0.39, 0.29) is 0 Å². The first-order valence-corrected chi connectivity index (χ1v) is 10.9. The van der Waals surface area contributed by atoms with Gasteiger partial charge >= 0.3 is 0 Å². The smallest absolute Gasteiger partial charge is 0.0891 e. The molecule has 0 aliphatic heterocycles. The number of hydrogen-bond donors (Lipinski definition) is 2. The third-order valence-corrected chi connectivity index (χ3v) is 6.09. The van der Waals surface area contributed by atoms with Crippen molar-refractivity contribution in [3.63, 3.8) is 0 Å². The van der Waals surface area contributed by atoms with Crippen molar-refractivity contribution in [2.75, 3.05) is 11.9 Å². The molecule has 2 N–H and O–H groups in total. The van der Waals surface area contributed by atoms with E-state index in [4.69, 9.17) is 0 Å². The summed E-state index contributed by atoms with van der Waals surface area (Å²) in [6.07, 6.45) is -0.523. The van der Waals surface area contributed by atoms with Gasteiger partial charge in [-0.15, -0.1) is 0 Å². The molecule has 0 bridgehead atoms. The number of anilines is 1. The van der Waals surface area contributed by atoms with Crippen LogP contribution in [0.1, 0.15) is 0 Å². The van der Waals surface area contributed by atoms with Crippen LogP contribution in [-0.2, 0) is 6.54 Å². The molecule has 1 unspecified atom stereocenters. The fraction of sp³-hybridized carbons (Fsp3) is 0.143. The van der Waals surface area contributed by atoms with E-state index in [2.05, 4.69) is 94.1 Å². The number of nitrogens with zero attached hydrogens (tertiary/aromatic N) is 1. The summed E-state index contributed by atoms with van der Waals surface area (Å²) in [5, 5.41) is 16.4. The second-order valence-corrected chi connectivity index (χ2v) is 9.22. The summed E-state index contributed by atoms with van der Waals surface area (Å²) in [6.45, 7) is 0.987. The number of aromatic nitrogens is 1. The van der Waals surface area contributed by atoms with E-state index < -0.39 is 6.10 Å².